The van der Waals surface area contributed by atoms with E-state index >= 15 is 0 Å². The molecule has 0 aliphatic carbocycles. The van der Waals surface area contributed by atoms with Crippen molar-refractivity contribution in [1.82, 2.24) is 4.98 Å². The predicted molar refractivity (Wildman–Crippen MR) is 37.9 cm³/mol. The molecule has 0 saturated carbocycles. The van der Waals surface area contributed by atoms with E-state index in [9.17, 15) is 0 Å². The van der Waals surface area contributed by atoms with Crippen LogP contribution in [0.4, 0.5) is 0 Å². The average Bonchev–Trinajstić information content (AvgIpc) is 2.59. The summed E-state index contributed by atoms with van der Waals surface area (Å²) in [6, 6.07) is 3.95. The maximum absolute atomic E-state index is 4.85. The Morgan fingerprint density at radius 2 is 2.60 bits per heavy atom. The molecule has 0 fully saturated rings. The Kier molecular flexibility index (Phi) is 1.20. The van der Waals surface area contributed by atoms with Crippen LogP contribution in [0, 0.1) is 0 Å². The van der Waals surface area contributed by atoms with Gasteiger partial charge in [-0.15, -0.1) is 0 Å². The van der Waals surface area contributed by atoms with Crippen LogP contribution in [0.25, 0.3) is 0 Å². The van der Waals surface area contributed by atoms with E-state index in [0.29, 0.717) is 6.61 Å². The van der Waals surface area contributed by atoms with Crippen molar-refractivity contribution in [3.05, 3.63) is 24.0 Å². The molecule has 0 unspecified atom stereocenters. The molecule has 0 amide bonds. The zero-order valence-corrected chi connectivity index (χ0v) is 5.50. The summed E-state index contributed by atoms with van der Waals surface area (Å²) >= 11 is 0. The molecule has 1 aromatic rings. The highest BCUT2D eigenvalue weighted by molar-refractivity contribution is 5.99. The van der Waals surface area contributed by atoms with Crippen molar-refractivity contribution in [3.63, 3.8) is 0 Å². The summed E-state index contributed by atoms with van der Waals surface area (Å²) < 4.78 is 0. The van der Waals surface area contributed by atoms with Crippen molar-refractivity contribution >= 4 is 5.71 Å². The fourth-order valence-corrected chi connectivity index (χ4v) is 1.01. The maximum atomic E-state index is 4.85. The summed E-state index contributed by atoms with van der Waals surface area (Å²) in [6.45, 7) is 0.717. The normalized spacial score (nSPS) is 16.6. The highest BCUT2D eigenvalue weighted by Crippen LogP contribution is 2.07. The molecule has 1 aliphatic rings. The van der Waals surface area contributed by atoms with Crippen molar-refractivity contribution in [3.8, 4) is 0 Å². The number of hydrogen-bond acceptors (Lipinski definition) is 2. The standard InChI is InChI=1S/C7H8N2O/c1-2-6(8-4-1)7-3-5-10-9-7/h1-2,4,8H,3,5H2. The van der Waals surface area contributed by atoms with Crippen LogP contribution < -0.4 is 0 Å². The first-order valence-electron chi connectivity index (χ1n) is 3.29. The maximum Gasteiger partial charge on any atom is 0.122 e. The van der Waals surface area contributed by atoms with Gasteiger partial charge in [-0.25, -0.2) is 0 Å². The number of nitrogens with one attached hydrogen (secondary N) is 1. The zero-order valence-electron chi connectivity index (χ0n) is 5.50. The Hall–Kier alpha value is -1.25. The van der Waals surface area contributed by atoms with Crippen LogP contribution in [0.5, 0.6) is 0 Å². The molecule has 0 spiro atoms. The van der Waals surface area contributed by atoms with Crippen LogP contribution in [0.3, 0.4) is 0 Å². The van der Waals surface area contributed by atoms with E-state index in [-0.39, 0.29) is 0 Å². The highest BCUT2D eigenvalue weighted by Gasteiger charge is 2.09. The molecule has 0 bridgehead atoms. The summed E-state index contributed by atoms with van der Waals surface area (Å²) in [7, 11) is 0. The van der Waals surface area contributed by atoms with Gasteiger partial charge < -0.3 is 9.82 Å². The van der Waals surface area contributed by atoms with Gasteiger partial charge in [-0.2, -0.15) is 0 Å². The van der Waals surface area contributed by atoms with Gasteiger partial charge in [0, 0.05) is 12.6 Å². The summed E-state index contributed by atoms with van der Waals surface area (Å²) in [5, 5.41) is 3.86. The van der Waals surface area contributed by atoms with Crippen LogP contribution in [0.2, 0.25) is 0 Å². The number of hydrogen-bond donors (Lipinski definition) is 1. The topological polar surface area (TPSA) is 37.4 Å². The third kappa shape index (κ3) is 0.795. The first-order valence-corrected chi connectivity index (χ1v) is 3.29. The van der Waals surface area contributed by atoms with Crippen molar-refractivity contribution in [1.29, 1.82) is 0 Å². The molecular formula is C7H8N2O. The van der Waals surface area contributed by atoms with Crippen LogP contribution in [0.15, 0.2) is 23.5 Å². The van der Waals surface area contributed by atoms with E-state index in [4.69, 9.17) is 4.84 Å². The second kappa shape index (κ2) is 2.17. The lowest BCUT2D eigenvalue weighted by Gasteiger charge is -1.88. The minimum absolute atomic E-state index is 0.717. The molecule has 2 rings (SSSR count). The molecule has 0 radical (unpaired) electrons. The Bertz CT molecular complexity index is 238. The number of H-pyrrole nitrogens is 1. The van der Waals surface area contributed by atoms with Crippen molar-refractivity contribution in [2.75, 3.05) is 6.61 Å². The van der Waals surface area contributed by atoms with Gasteiger partial charge in [-0.3, -0.25) is 0 Å². The Labute approximate surface area is 58.7 Å². The highest BCUT2D eigenvalue weighted by atomic mass is 16.6. The van der Waals surface area contributed by atoms with Gasteiger partial charge in [0.25, 0.3) is 0 Å². The average molecular weight is 136 g/mol. The zero-order chi connectivity index (χ0) is 6.81. The number of oxime groups is 1. The minimum Gasteiger partial charge on any atom is -0.395 e. The number of aromatic amines is 1. The van der Waals surface area contributed by atoms with Gasteiger partial charge in [0.15, 0.2) is 0 Å². The number of rotatable bonds is 1. The van der Waals surface area contributed by atoms with E-state index in [1.807, 2.05) is 18.3 Å². The van der Waals surface area contributed by atoms with E-state index in [0.717, 1.165) is 17.8 Å². The molecule has 0 aromatic carbocycles. The molecule has 10 heavy (non-hydrogen) atoms. The largest absolute Gasteiger partial charge is 0.395 e. The molecule has 1 aromatic heterocycles. The lowest BCUT2D eigenvalue weighted by atomic mass is 10.2. The van der Waals surface area contributed by atoms with Crippen molar-refractivity contribution in [2.24, 2.45) is 5.16 Å². The van der Waals surface area contributed by atoms with E-state index in [1.54, 1.807) is 0 Å². The van der Waals surface area contributed by atoms with Crippen LogP contribution in [0.1, 0.15) is 12.1 Å². The van der Waals surface area contributed by atoms with Crippen LogP contribution >= 0.6 is 0 Å². The summed E-state index contributed by atoms with van der Waals surface area (Å²) in [5.41, 5.74) is 2.09. The first kappa shape index (κ1) is 5.53. The van der Waals surface area contributed by atoms with Crippen LogP contribution in [-0.2, 0) is 4.84 Å². The first-order chi connectivity index (χ1) is 4.97. The molecule has 52 valence electrons. The summed E-state index contributed by atoms with van der Waals surface area (Å²) in [4.78, 5) is 7.92. The fraction of sp³-hybridized carbons (Fsp3) is 0.286. The third-order valence-corrected chi connectivity index (χ3v) is 1.51. The lowest BCUT2D eigenvalue weighted by molar-refractivity contribution is 0.174. The third-order valence-electron chi connectivity index (χ3n) is 1.51. The van der Waals surface area contributed by atoms with E-state index in [2.05, 4.69) is 10.1 Å². The van der Waals surface area contributed by atoms with Gasteiger partial charge in [0.1, 0.15) is 12.3 Å². The van der Waals surface area contributed by atoms with E-state index in [1.165, 1.54) is 0 Å². The molecule has 2 heterocycles. The van der Waals surface area contributed by atoms with Crippen molar-refractivity contribution < 1.29 is 4.84 Å². The number of aromatic nitrogens is 1. The number of nitrogens with zero attached hydrogens (tertiary/aromatic N) is 1. The summed E-state index contributed by atoms with van der Waals surface area (Å²) in [5.74, 6) is 0. The minimum atomic E-state index is 0.717. The molecule has 1 N–H and O–H groups in total. The fourth-order valence-electron chi connectivity index (χ4n) is 1.01. The molecular weight excluding hydrogens is 128 g/mol. The Morgan fingerprint density at radius 1 is 1.60 bits per heavy atom. The second-order valence-electron chi connectivity index (χ2n) is 2.21. The lowest BCUT2D eigenvalue weighted by Crippen LogP contribution is -1.96. The van der Waals surface area contributed by atoms with Gasteiger partial charge in [-0.05, 0) is 12.1 Å². The van der Waals surface area contributed by atoms with Crippen molar-refractivity contribution in [2.45, 2.75) is 6.42 Å². The Morgan fingerprint density at radius 3 is 3.20 bits per heavy atom. The molecule has 3 nitrogen and oxygen atoms in total. The van der Waals surface area contributed by atoms with Gasteiger partial charge >= 0.3 is 0 Å². The van der Waals surface area contributed by atoms with Gasteiger partial charge in [0.05, 0.1) is 5.69 Å². The smallest absolute Gasteiger partial charge is 0.122 e. The molecule has 3 heteroatoms. The predicted octanol–water partition coefficient (Wildman–Crippen LogP) is 1.14. The second-order valence-corrected chi connectivity index (χ2v) is 2.21. The molecule has 0 atom stereocenters. The SMILES string of the molecule is c1c[nH]c(C2=NOCC2)c1. The molecule has 0 saturated heterocycles. The quantitative estimate of drug-likeness (QED) is 0.617. The van der Waals surface area contributed by atoms with Gasteiger partial charge in [0.2, 0.25) is 0 Å². The molecule has 1 aliphatic heterocycles. The van der Waals surface area contributed by atoms with Crippen LogP contribution in [-0.4, -0.2) is 17.3 Å². The Balaban J connectivity index is 2.28. The van der Waals surface area contributed by atoms with E-state index < -0.39 is 0 Å². The monoisotopic (exact) mass is 136 g/mol. The van der Waals surface area contributed by atoms with Gasteiger partial charge in [-0.1, -0.05) is 5.16 Å². The summed E-state index contributed by atoms with van der Waals surface area (Å²) in [6.07, 6.45) is 2.80.